The van der Waals surface area contributed by atoms with E-state index in [-0.39, 0.29) is 6.41 Å². The first kappa shape index (κ1) is 10.9. The standard InChI is InChI=1S/C9H19NO3/c1-3-12-9(13-4-2)10-5-7-11-8-6-10/h9H,3-8H2,1-2H3. The van der Waals surface area contributed by atoms with E-state index in [1.165, 1.54) is 0 Å². The van der Waals surface area contributed by atoms with Gasteiger partial charge >= 0.3 is 0 Å². The molecule has 1 fully saturated rings. The van der Waals surface area contributed by atoms with Gasteiger partial charge in [-0.3, -0.25) is 4.90 Å². The summed E-state index contributed by atoms with van der Waals surface area (Å²) in [6.45, 7) is 8.66. The highest BCUT2D eigenvalue weighted by atomic mass is 16.7. The highest BCUT2D eigenvalue weighted by Gasteiger charge is 2.20. The van der Waals surface area contributed by atoms with E-state index in [0.29, 0.717) is 13.2 Å². The van der Waals surface area contributed by atoms with Crippen LogP contribution >= 0.6 is 0 Å². The fourth-order valence-electron chi connectivity index (χ4n) is 1.33. The van der Waals surface area contributed by atoms with Crippen molar-refractivity contribution in [1.82, 2.24) is 4.90 Å². The zero-order valence-corrected chi connectivity index (χ0v) is 8.49. The quantitative estimate of drug-likeness (QED) is 0.595. The first-order valence-electron chi connectivity index (χ1n) is 4.93. The number of nitrogens with zero attached hydrogens (tertiary/aromatic N) is 1. The van der Waals surface area contributed by atoms with Crippen LogP contribution < -0.4 is 0 Å². The Morgan fingerprint density at radius 3 is 2.15 bits per heavy atom. The molecule has 0 aromatic carbocycles. The second-order valence-corrected chi connectivity index (χ2v) is 2.87. The number of ether oxygens (including phenoxy) is 3. The lowest BCUT2D eigenvalue weighted by Gasteiger charge is -2.33. The average molecular weight is 189 g/mol. The Labute approximate surface area is 79.8 Å². The third kappa shape index (κ3) is 3.60. The predicted octanol–water partition coefficient (Wildman–Crippen LogP) is 0.675. The predicted molar refractivity (Wildman–Crippen MR) is 49.4 cm³/mol. The van der Waals surface area contributed by atoms with Gasteiger partial charge in [0.05, 0.1) is 13.2 Å². The molecule has 0 aromatic heterocycles. The minimum absolute atomic E-state index is 0.182. The number of hydrogen-bond donors (Lipinski definition) is 0. The van der Waals surface area contributed by atoms with Gasteiger partial charge in [-0.15, -0.1) is 0 Å². The van der Waals surface area contributed by atoms with Crippen LogP contribution in [0.3, 0.4) is 0 Å². The third-order valence-corrected chi connectivity index (χ3v) is 1.96. The third-order valence-electron chi connectivity index (χ3n) is 1.96. The molecule has 4 heteroatoms. The van der Waals surface area contributed by atoms with Crippen molar-refractivity contribution >= 4 is 0 Å². The SMILES string of the molecule is CCOC(OCC)N1CCOCC1. The van der Waals surface area contributed by atoms with E-state index >= 15 is 0 Å². The Bertz CT molecular complexity index is 120. The van der Waals surface area contributed by atoms with Gasteiger partial charge in [0.25, 0.3) is 0 Å². The smallest absolute Gasteiger partial charge is 0.218 e. The molecule has 1 aliphatic rings. The van der Waals surface area contributed by atoms with Crippen LogP contribution in [-0.2, 0) is 14.2 Å². The Balaban J connectivity index is 2.32. The molecule has 13 heavy (non-hydrogen) atoms. The molecule has 0 spiro atoms. The summed E-state index contributed by atoms with van der Waals surface area (Å²) in [6.07, 6.45) is -0.182. The van der Waals surface area contributed by atoms with E-state index < -0.39 is 0 Å². The zero-order valence-electron chi connectivity index (χ0n) is 8.49. The minimum Gasteiger partial charge on any atom is -0.379 e. The van der Waals surface area contributed by atoms with Crippen molar-refractivity contribution in [3.63, 3.8) is 0 Å². The average Bonchev–Trinajstić information content (AvgIpc) is 2.19. The van der Waals surface area contributed by atoms with Crippen LogP contribution in [0, 0.1) is 0 Å². The number of hydrogen-bond acceptors (Lipinski definition) is 4. The van der Waals surface area contributed by atoms with E-state index in [9.17, 15) is 0 Å². The molecule has 0 atom stereocenters. The molecule has 4 nitrogen and oxygen atoms in total. The topological polar surface area (TPSA) is 30.9 Å². The van der Waals surface area contributed by atoms with Gasteiger partial charge in [0, 0.05) is 26.3 Å². The van der Waals surface area contributed by atoms with Crippen molar-refractivity contribution < 1.29 is 14.2 Å². The first-order chi connectivity index (χ1) is 6.38. The monoisotopic (exact) mass is 189 g/mol. The van der Waals surface area contributed by atoms with E-state index in [1.54, 1.807) is 0 Å². The van der Waals surface area contributed by atoms with Gasteiger partial charge in [0.1, 0.15) is 0 Å². The summed E-state index contributed by atoms with van der Waals surface area (Å²) in [5, 5.41) is 0. The van der Waals surface area contributed by atoms with Gasteiger partial charge in [-0.05, 0) is 13.8 Å². The molecule has 1 saturated heterocycles. The van der Waals surface area contributed by atoms with Crippen LogP contribution in [0.4, 0.5) is 0 Å². The summed E-state index contributed by atoms with van der Waals surface area (Å²) in [5.41, 5.74) is 0. The van der Waals surface area contributed by atoms with Crippen LogP contribution in [0.2, 0.25) is 0 Å². The molecular weight excluding hydrogens is 170 g/mol. The molecule has 0 saturated carbocycles. The molecular formula is C9H19NO3. The molecule has 0 unspecified atom stereocenters. The lowest BCUT2D eigenvalue weighted by molar-refractivity contribution is -0.232. The molecule has 0 aliphatic carbocycles. The zero-order chi connectivity index (χ0) is 9.52. The van der Waals surface area contributed by atoms with E-state index in [4.69, 9.17) is 14.2 Å². The summed E-state index contributed by atoms with van der Waals surface area (Å²) in [4.78, 5) is 2.16. The summed E-state index contributed by atoms with van der Waals surface area (Å²) in [6, 6.07) is 0. The van der Waals surface area contributed by atoms with Crippen LogP contribution in [0.1, 0.15) is 13.8 Å². The van der Waals surface area contributed by atoms with Crippen molar-refractivity contribution in [3.8, 4) is 0 Å². The Kier molecular flexibility index (Phi) is 5.31. The van der Waals surface area contributed by atoms with Gasteiger partial charge in [-0.25, -0.2) is 0 Å². The first-order valence-corrected chi connectivity index (χ1v) is 4.93. The molecule has 1 aliphatic heterocycles. The summed E-state index contributed by atoms with van der Waals surface area (Å²) < 4.78 is 16.2. The van der Waals surface area contributed by atoms with Crippen LogP contribution in [0.5, 0.6) is 0 Å². The highest BCUT2D eigenvalue weighted by Crippen LogP contribution is 2.06. The van der Waals surface area contributed by atoms with E-state index in [1.807, 2.05) is 13.8 Å². The number of morpholine rings is 1. The van der Waals surface area contributed by atoms with E-state index in [2.05, 4.69) is 4.90 Å². The van der Waals surface area contributed by atoms with Gasteiger partial charge in [0.15, 0.2) is 0 Å². The lowest BCUT2D eigenvalue weighted by Crippen LogP contribution is -2.46. The van der Waals surface area contributed by atoms with Crippen LogP contribution in [0.25, 0.3) is 0 Å². The molecule has 1 rings (SSSR count). The second-order valence-electron chi connectivity index (χ2n) is 2.87. The van der Waals surface area contributed by atoms with Gasteiger partial charge in [-0.1, -0.05) is 0 Å². The van der Waals surface area contributed by atoms with Crippen LogP contribution in [0.15, 0.2) is 0 Å². The second kappa shape index (κ2) is 6.32. The minimum atomic E-state index is -0.182. The summed E-state index contributed by atoms with van der Waals surface area (Å²) in [7, 11) is 0. The molecule has 0 aromatic rings. The number of rotatable bonds is 5. The largest absolute Gasteiger partial charge is 0.379 e. The van der Waals surface area contributed by atoms with Crippen molar-refractivity contribution in [3.05, 3.63) is 0 Å². The Morgan fingerprint density at radius 2 is 1.69 bits per heavy atom. The maximum absolute atomic E-state index is 5.47. The molecule has 0 bridgehead atoms. The molecule has 0 radical (unpaired) electrons. The van der Waals surface area contributed by atoms with Crippen molar-refractivity contribution in [2.75, 3.05) is 39.5 Å². The maximum atomic E-state index is 5.47. The summed E-state index contributed by atoms with van der Waals surface area (Å²) in [5.74, 6) is 0. The van der Waals surface area contributed by atoms with Crippen molar-refractivity contribution in [2.45, 2.75) is 20.3 Å². The molecule has 0 amide bonds. The Hall–Kier alpha value is -0.160. The van der Waals surface area contributed by atoms with Crippen LogP contribution in [-0.4, -0.2) is 50.8 Å². The Morgan fingerprint density at radius 1 is 1.15 bits per heavy atom. The lowest BCUT2D eigenvalue weighted by atomic mass is 10.4. The maximum Gasteiger partial charge on any atom is 0.218 e. The molecule has 1 heterocycles. The van der Waals surface area contributed by atoms with Crippen molar-refractivity contribution in [1.29, 1.82) is 0 Å². The van der Waals surface area contributed by atoms with Crippen molar-refractivity contribution in [2.24, 2.45) is 0 Å². The van der Waals surface area contributed by atoms with Gasteiger partial charge < -0.3 is 14.2 Å². The van der Waals surface area contributed by atoms with E-state index in [0.717, 1.165) is 26.3 Å². The highest BCUT2D eigenvalue weighted by molar-refractivity contribution is 4.60. The van der Waals surface area contributed by atoms with Gasteiger partial charge in [0.2, 0.25) is 6.41 Å². The fraction of sp³-hybridized carbons (Fsp3) is 1.00. The molecule has 0 N–H and O–H groups in total. The fourth-order valence-corrected chi connectivity index (χ4v) is 1.33. The van der Waals surface area contributed by atoms with Gasteiger partial charge in [-0.2, -0.15) is 0 Å². The summed E-state index contributed by atoms with van der Waals surface area (Å²) >= 11 is 0. The molecule has 78 valence electrons. The normalized spacial score (nSPS) is 19.6.